The average molecular weight is 262 g/mol. The largest absolute Gasteiger partial charge is 0.497 e. The fourth-order valence-corrected chi connectivity index (χ4v) is 1.75. The number of nitrogens with zero attached hydrogens (tertiary/aromatic N) is 1. The third kappa shape index (κ3) is 2.60. The Morgan fingerprint density at radius 1 is 1.39 bits per heavy atom. The summed E-state index contributed by atoms with van der Waals surface area (Å²) in [5.41, 5.74) is 13.7. The van der Waals surface area contributed by atoms with Crippen LogP contribution in [-0.2, 0) is 0 Å². The second kappa shape index (κ2) is 5.05. The first-order valence-corrected chi connectivity index (χ1v) is 5.78. The first kappa shape index (κ1) is 12.4. The van der Waals surface area contributed by atoms with E-state index in [-0.39, 0.29) is 5.11 Å². The molecule has 0 fully saturated rings. The van der Waals surface area contributed by atoms with E-state index in [1.807, 2.05) is 31.2 Å². The molecule has 1 aromatic heterocycles. The van der Waals surface area contributed by atoms with E-state index in [0.29, 0.717) is 0 Å². The van der Waals surface area contributed by atoms with Crippen molar-refractivity contribution in [3.8, 4) is 5.75 Å². The second-order valence-electron chi connectivity index (χ2n) is 3.81. The zero-order valence-corrected chi connectivity index (χ0v) is 11.0. The smallest absolute Gasteiger partial charge is 0.182 e. The Labute approximate surface area is 110 Å². The molecule has 5 nitrogen and oxygen atoms in total. The van der Waals surface area contributed by atoms with Gasteiger partial charge in [-0.05, 0) is 43.4 Å². The molecule has 1 heterocycles. The molecule has 0 aliphatic heterocycles. The van der Waals surface area contributed by atoms with Crippen molar-refractivity contribution in [3.63, 3.8) is 0 Å². The Morgan fingerprint density at radius 3 is 2.83 bits per heavy atom. The van der Waals surface area contributed by atoms with Gasteiger partial charge in [-0.25, -0.2) is 0 Å². The first-order chi connectivity index (χ1) is 8.60. The number of anilines is 1. The van der Waals surface area contributed by atoms with Gasteiger partial charge in [0.05, 0.1) is 18.3 Å². The van der Waals surface area contributed by atoms with Crippen molar-refractivity contribution >= 4 is 33.9 Å². The Morgan fingerprint density at radius 2 is 2.17 bits per heavy atom. The van der Waals surface area contributed by atoms with Crippen LogP contribution in [0.25, 0.3) is 10.9 Å². The first-order valence-electron chi connectivity index (χ1n) is 5.37. The maximum Gasteiger partial charge on any atom is 0.182 e. The number of pyridine rings is 1. The lowest BCUT2D eigenvalue weighted by Gasteiger charge is -2.12. The number of aryl methyl sites for hydroxylation is 1. The zero-order chi connectivity index (χ0) is 13.1. The molecule has 0 saturated carbocycles. The van der Waals surface area contributed by atoms with Crippen LogP contribution in [0.5, 0.6) is 5.75 Å². The van der Waals surface area contributed by atoms with Gasteiger partial charge >= 0.3 is 0 Å². The second-order valence-corrected chi connectivity index (χ2v) is 4.25. The Hall–Kier alpha value is -2.08. The van der Waals surface area contributed by atoms with Crippen LogP contribution in [0.1, 0.15) is 5.69 Å². The standard InChI is InChI=1S/C12H14N4OS/c1-7-5-11(15-16-12(13)18)9-6-8(17-2)3-4-10(9)14-7/h3-6H,1-2H3,(H,14,15)(H3,13,16,18). The molecule has 94 valence electrons. The van der Waals surface area contributed by atoms with Gasteiger partial charge < -0.3 is 10.5 Å². The molecule has 0 atom stereocenters. The average Bonchev–Trinajstić information content (AvgIpc) is 2.35. The van der Waals surface area contributed by atoms with E-state index in [1.165, 1.54) is 0 Å². The lowest BCUT2D eigenvalue weighted by Crippen LogP contribution is -2.34. The van der Waals surface area contributed by atoms with E-state index < -0.39 is 0 Å². The lowest BCUT2D eigenvalue weighted by atomic mass is 10.1. The van der Waals surface area contributed by atoms with Crippen LogP contribution in [0.4, 0.5) is 5.69 Å². The van der Waals surface area contributed by atoms with Gasteiger partial charge in [0.1, 0.15) is 5.75 Å². The SMILES string of the molecule is COc1ccc2nc(C)cc(NNC(N)=S)c2c1. The number of rotatable bonds is 3. The molecule has 4 N–H and O–H groups in total. The summed E-state index contributed by atoms with van der Waals surface area (Å²) in [5, 5.41) is 1.12. The van der Waals surface area contributed by atoms with Gasteiger partial charge in [-0.15, -0.1) is 0 Å². The van der Waals surface area contributed by atoms with E-state index in [4.69, 9.17) is 22.7 Å². The summed E-state index contributed by atoms with van der Waals surface area (Å²) in [6, 6.07) is 7.60. The molecule has 0 aliphatic carbocycles. The lowest BCUT2D eigenvalue weighted by molar-refractivity contribution is 0.415. The van der Waals surface area contributed by atoms with E-state index in [2.05, 4.69) is 15.8 Å². The van der Waals surface area contributed by atoms with Gasteiger partial charge in [0, 0.05) is 11.1 Å². The summed E-state index contributed by atoms with van der Waals surface area (Å²) in [6.45, 7) is 1.93. The molecule has 0 bridgehead atoms. The molecule has 1 aromatic carbocycles. The third-order valence-corrected chi connectivity index (χ3v) is 2.57. The highest BCUT2D eigenvalue weighted by atomic mass is 32.1. The summed E-state index contributed by atoms with van der Waals surface area (Å²) < 4.78 is 5.21. The maximum atomic E-state index is 5.40. The monoisotopic (exact) mass is 262 g/mol. The van der Waals surface area contributed by atoms with Crippen LogP contribution in [0.15, 0.2) is 24.3 Å². The number of aromatic nitrogens is 1. The quantitative estimate of drug-likeness (QED) is 0.578. The van der Waals surface area contributed by atoms with Crippen LogP contribution >= 0.6 is 12.2 Å². The van der Waals surface area contributed by atoms with Gasteiger partial charge in [-0.3, -0.25) is 15.8 Å². The molecule has 0 aliphatic rings. The third-order valence-electron chi connectivity index (χ3n) is 2.46. The molecule has 18 heavy (non-hydrogen) atoms. The number of hydrogen-bond donors (Lipinski definition) is 3. The summed E-state index contributed by atoms with van der Waals surface area (Å²) in [5.74, 6) is 0.770. The van der Waals surface area contributed by atoms with E-state index in [0.717, 1.165) is 28.0 Å². The number of nitrogens with one attached hydrogen (secondary N) is 2. The fraction of sp³-hybridized carbons (Fsp3) is 0.167. The summed E-state index contributed by atoms with van der Waals surface area (Å²) in [7, 11) is 1.63. The molecule has 0 spiro atoms. The number of benzene rings is 1. The van der Waals surface area contributed by atoms with Crippen molar-refractivity contribution in [1.29, 1.82) is 0 Å². The van der Waals surface area contributed by atoms with Gasteiger partial charge in [0.25, 0.3) is 0 Å². The molecular formula is C12H14N4OS. The maximum absolute atomic E-state index is 5.40. The number of fused-ring (bicyclic) bond motifs is 1. The minimum atomic E-state index is 0.181. The molecule has 2 aromatic rings. The number of hydrogen-bond acceptors (Lipinski definition) is 4. The van der Waals surface area contributed by atoms with Crippen LogP contribution in [0.2, 0.25) is 0 Å². The van der Waals surface area contributed by atoms with Crippen molar-refractivity contribution < 1.29 is 4.74 Å². The Kier molecular flexibility index (Phi) is 3.47. The van der Waals surface area contributed by atoms with Gasteiger partial charge in [-0.1, -0.05) is 0 Å². The Bertz CT molecular complexity index is 600. The topological polar surface area (TPSA) is 72.2 Å². The van der Waals surface area contributed by atoms with Crippen molar-refractivity contribution in [2.45, 2.75) is 6.92 Å². The minimum Gasteiger partial charge on any atom is -0.497 e. The molecule has 0 radical (unpaired) electrons. The molecular weight excluding hydrogens is 248 g/mol. The van der Waals surface area contributed by atoms with Gasteiger partial charge in [-0.2, -0.15) is 0 Å². The van der Waals surface area contributed by atoms with Crippen LogP contribution in [0, 0.1) is 6.92 Å². The Balaban J connectivity index is 2.50. The summed E-state index contributed by atoms with van der Waals surface area (Å²) in [6.07, 6.45) is 0. The highest BCUT2D eigenvalue weighted by Gasteiger charge is 2.05. The summed E-state index contributed by atoms with van der Waals surface area (Å²) >= 11 is 4.76. The normalized spacial score (nSPS) is 10.1. The molecule has 0 saturated heterocycles. The van der Waals surface area contributed by atoms with Crippen LogP contribution in [-0.4, -0.2) is 17.2 Å². The zero-order valence-electron chi connectivity index (χ0n) is 10.2. The number of methoxy groups -OCH3 is 1. The predicted molar refractivity (Wildman–Crippen MR) is 76.6 cm³/mol. The van der Waals surface area contributed by atoms with Gasteiger partial charge in [0.15, 0.2) is 5.11 Å². The molecule has 2 rings (SSSR count). The number of ether oxygens (including phenoxy) is 1. The number of thiocarbonyl (C=S) groups is 1. The van der Waals surface area contributed by atoms with Crippen molar-refractivity contribution in [1.82, 2.24) is 10.4 Å². The van der Waals surface area contributed by atoms with Crippen LogP contribution < -0.4 is 21.3 Å². The van der Waals surface area contributed by atoms with E-state index >= 15 is 0 Å². The van der Waals surface area contributed by atoms with Crippen molar-refractivity contribution in [3.05, 3.63) is 30.0 Å². The van der Waals surface area contributed by atoms with E-state index in [9.17, 15) is 0 Å². The number of hydrazine groups is 1. The fourth-order valence-electron chi connectivity index (χ4n) is 1.70. The van der Waals surface area contributed by atoms with Crippen molar-refractivity contribution in [2.24, 2.45) is 5.73 Å². The van der Waals surface area contributed by atoms with Crippen LogP contribution in [0.3, 0.4) is 0 Å². The van der Waals surface area contributed by atoms with Crippen molar-refractivity contribution in [2.75, 3.05) is 12.5 Å². The molecule has 0 amide bonds. The highest BCUT2D eigenvalue weighted by Crippen LogP contribution is 2.26. The molecule has 6 heteroatoms. The van der Waals surface area contributed by atoms with E-state index in [1.54, 1.807) is 7.11 Å². The predicted octanol–water partition coefficient (Wildman–Crippen LogP) is 1.71. The highest BCUT2D eigenvalue weighted by molar-refractivity contribution is 7.80. The summed E-state index contributed by atoms with van der Waals surface area (Å²) in [4.78, 5) is 4.45. The number of nitrogens with two attached hydrogens (primary N) is 1. The van der Waals surface area contributed by atoms with Gasteiger partial charge in [0.2, 0.25) is 0 Å². The molecule has 0 unspecified atom stereocenters. The minimum absolute atomic E-state index is 0.181.